The molecule has 0 spiro atoms. The summed E-state index contributed by atoms with van der Waals surface area (Å²) in [5, 5.41) is 22.0. The highest BCUT2D eigenvalue weighted by Crippen LogP contribution is 2.33. The van der Waals surface area contributed by atoms with E-state index in [1.807, 2.05) is 61.5 Å². The zero-order chi connectivity index (χ0) is 23.5. The summed E-state index contributed by atoms with van der Waals surface area (Å²) in [4.78, 5) is 21.6. The van der Waals surface area contributed by atoms with Crippen LogP contribution in [0.15, 0.2) is 71.7 Å². The van der Waals surface area contributed by atoms with Gasteiger partial charge in [0.1, 0.15) is 5.75 Å². The topological polar surface area (TPSA) is 98.2 Å². The number of rotatable bonds is 6. The molecule has 33 heavy (non-hydrogen) atoms. The van der Waals surface area contributed by atoms with Crippen LogP contribution in [0.1, 0.15) is 27.0 Å². The number of aromatic nitrogens is 1. The standard InChI is InChI=1S/C26H25N3O4/c1-29(2)15-18-9-11-19(14-22(18)30)27-24(16-7-5-4-6-8-16)23-20-12-10-17(26(32)33-3)13-21(20)28-25(23)31/h4-14,28,30-31H,15H2,1-3H3. The number of hydrogen-bond donors (Lipinski definition) is 3. The number of phenols is 1. The third-order valence-corrected chi connectivity index (χ3v) is 5.28. The summed E-state index contributed by atoms with van der Waals surface area (Å²) in [6, 6.07) is 19.8. The highest BCUT2D eigenvalue weighted by atomic mass is 16.5. The smallest absolute Gasteiger partial charge is 0.337 e. The number of fused-ring (bicyclic) bond motifs is 1. The van der Waals surface area contributed by atoms with Crippen molar-refractivity contribution in [2.24, 2.45) is 4.99 Å². The summed E-state index contributed by atoms with van der Waals surface area (Å²) in [5.41, 5.74) is 4.13. The molecular weight excluding hydrogens is 418 g/mol. The van der Waals surface area contributed by atoms with Crippen LogP contribution in [0.5, 0.6) is 11.6 Å². The maximum Gasteiger partial charge on any atom is 0.337 e. The molecule has 3 aromatic carbocycles. The Kier molecular flexibility index (Phi) is 6.15. The second-order valence-electron chi connectivity index (χ2n) is 7.98. The Morgan fingerprint density at radius 2 is 1.76 bits per heavy atom. The van der Waals surface area contributed by atoms with Gasteiger partial charge in [-0.2, -0.15) is 0 Å². The van der Waals surface area contributed by atoms with E-state index in [2.05, 4.69) is 4.98 Å². The Hall–Kier alpha value is -4.10. The highest BCUT2D eigenvalue weighted by Gasteiger charge is 2.20. The van der Waals surface area contributed by atoms with Gasteiger partial charge in [0.15, 0.2) is 5.88 Å². The SMILES string of the molecule is COC(=O)c1ccc2c(C(=Nc3ccc(CN(C)C)c(O)c3)c3ccccc3)c(O)[nH]c2c1. The van der Waals surface area contributed by atoms with E-state index in [9.17, 15) is 15.0 Å². The molecule has 0 radical (unpaired) electrons. The number of ether oxygens (including phenoxy) is 1. The fraction of sp³-hybridized carbons (Fsp3) is 0.154. The maximum atomic E-state index is 11.9. The Labute approximate surface area is 191 Å². The maximum absolute atomic E-state index is 11.9. The van der Waals surface area contributed by atoms with Crippen LogP contribution in [0.3, 0.4) is 0 Å². The summed E-state index contributed by atoms with van der Waals surface area (Å²) in [5.74, 6) is -0.371. The summed E-state index contributed by atoms with van der Waals surface area (Å²) in [6.45, 7) is 0.604. The number of phenolic OH excluding ortho intramolecular Hbond substituents is 1. The number of aliphatic imine (C=N–C) groups is 1. The van der Waals surface area contributed by atoms with Gasteiger partial charge >= 0.3 is 5.97 Å². The van der Waals surface area contributed by atoms with Gasteiger partial charge in [-0.3, -0.25) is 0 Å². The fourth-order valence-electron chi connectivity index (χ4n) is 3.75. The predicted molar refractivity (Wildman–Crippen MR) is 129 cm³/mol. The van der Waals surface area contributed by atoms with Crippen molar-refractivity contribution in [3.8, 4) is 11.6 Å². The molecule has 0 atom stereocenters. The molecule has 4 aromatic rings. The van der Waals surface area contributed by atoms with Gasteiger partial charge in [-0.05, 0) is 32.3 Å². The number of carbonyl (C=O) groups is 1. The minimum absolute atomic E-state index is 0.0666. The molecule has 0 aliphatic rings. The molecule has 0 saturated carbocycles. The summed E-state index contributed by atoms with van der Waals surface area (Å²) >= 11 is 0. The largest absolute Gasteiger partial charge is 0.508 e. The van der Waals surface area contributed by atoms with Gasteiger partial charge in [0, 0.05) is 34.6 Å². The van der Waals surface area contributed by atoms with Crippen molar-refractivity contribution < 1.29 is 19.7 Å². The lowest BCUT2D eigenvalue weighted by atomic mass is 10.00. The first kappa shape index (κ1) is 22.1. The van der Waals surface area contributed by atoms with Crippen LogP contribution in [0.2, 0.25) is 0 Å². The van der Waals surface area contributed by atoms with E-state index in [4.69, 9.17) is 9.73 Å². The molecule has 3 N–H and O–H groups in total. The van der Waals surface area contributed by atoms with E-state index >= 15 is 0 Å². The van der Waals surface area contributed by atoms with Crippen LogP contribution < -0.4 is 0 Å². The van der Waals surface area contributed by atoms with Gasteiger partial charge in [-0.25, -0.2) is 9.79 Å². The molecule has 0 aliphatic carbocycles. The minimum Gasteiger partial charge on any atom is -0.508 e. The molecule has 0 aliphatic heterocycles. The van der Waals surface area contributed by atoms with E-state index in [0.29, 0.717) is 40.0 Å². The van der Waals surface area contributed by atoms with E-state index in [1.54, 1.807) is 24.3 Å². The van der Waals surface area contributed by atoms with Gasteiger partial charge in [-0.15, -0.1) is 0 Å². The number of nitrogens with zero attached hydrogens (tertiary/aromatic N) is 2. The summed E-state index contributed by atoms with van der Waals surface area (Å²) in [7, 11) is 5.19. The average Bonchev–Trinajstić information content (AvgIpc) is 3.13. The number of methoxy groups -OCH3 is 1. The zero-order valence-electron chi connectivity index (χ0n) is 18.7. The quantitative estimate of drug-likeness (QED) is 0.299. The van der Waals surface area contributed by atoms with Crippen molar-refractivity contribution in [1.82, 2.24) is 9.88 Å². The highest BCUT2D eigenvalue weighted by molar-refractivity contribution is 6.22. The van der Waals surface area contributed by atoms with Gasteiger partial charge in [0.05, 0.1) is 29.6 Å². The molecule has 0 fully saturated rings. The fourth-order valence-corrected chi connectivity index (χ4v) is 3.75. The Balaban J connectivity index is 1.88. The van der Waals surface area contributed by atoms with Crippen LogP contribution in [-0.4, -0.2) is 53.0 Å². The molecular formula is C26H25N3O4. The minimum atomic E-state index is -0.460. The predicted octanol–water partition coefficient (Wildman–Crippen LogP) is 4.60. The molecule has 7 nitrogen and oxygen atoms in total. The average molecular weight is 444 g/mol. The monoisotopic (exact) mass is 443 g/mol. The summed E-state index contributed by atoms with van der Waals surface area (Å²) < 4.78 is 4.80. The molecule has 1 aromatic heterocycles. The van der Waals surface area contributed by atoms with Crippen molar-refractivity contribution >= 4 is 28.3 Å². The van der Waals surface area contributed by atoms with Crippen LogP contribution in [-0.2, 0) is 11.3 Å². The van der Waals surface area contributed by atoms with E-state index in [-0.39, 0.29) is 11.6 Å². The molecule has 0 bridgehead atoms. The number of carbonyl (C=O) groups excluding carboxylic acids is 1. The molecule has 1 heterocycles. The van der Waals surface area contributed by atoms with Crippen LogP contribution in [0.25, 0.3) is 10.9 Å². The first-order valence-corrected chi connectivity index (χ1v) is 10.4. The molecule has 0 unspecified atom stereocenters. The van der Waals surface area contributed by atoms with E-state index in [0.717, 1.165) is 11.1 Å². The lowest BCUT2D eigenvalue weighted by Gasteiger charge is -2.12. The van der Waals surface area contributed by atoms with Crippen LogP contribution >= 0.6 is 0 Å². The first-order valence-electron chi connectivity index (χ1n) is 10.4. The lowest BCUT2D eigenvalue weighted by Crippen LogP contribution is -2.10. The van der Waals surface area contributed by atoms with Gasteiger partial charge in [0.25, 0.3) is 0 Å². The number of benzene rings is 3. The van der Waals surface area contributed by atoms with E-state index in [1.165, 1.54) is 7.11 Å². The second-order valence-corrected chi connectivity index (χ2v) is 7.98. The molecule has 4 rings (SSSR count). The Morgan fingerprint density at radius 1 is 1.00 bits per heavy atom. The molecule has 168 valence electrons. The Morgan fingerprint density at radius 3 is 2.42 bits per heavy atom. The number of aromatic amines is 1. The number of esters is 1. The van der Waals surface area contributed by atoms with Gasteiger partial charge in [0.2, 0.25) is 0 Å². The normalized spacial score (nSPS) is 11.8. The first-order chi connectivity index (χ1) is 15.9. The number of nitrogens with one attached hydrogen (secondary N) is 1. The van der Waals surface area contributed by atoms with Crippen LogP contribution in [0, 0.1) is 0 Å². The lowest BCUT2D eigenvalue weighted by molar-refractivity contribution is 0.0601. The second kappa shape index (κ2) is 9.18. The third-order valence-electron chi connectivity index (χ3n) is 5.28. The van der Waals surface area contributed by atoms with Crippen molar-refractivity contribution in [3.05, 3.63) is 89.0 Å². The number of H-pyrrole nitrogens is 1. The van der Waals surface area contributed by atoms with Crippen LogP contribution in [0.4, 0.5) is 5.69 Å². The van der Waals surface area contributed by atoms with Gasteiger partial charge < -0.3 is 24.8 Å². The van der Waals surface area contributed by atoms with Gasteiger partial charge in [-0.1, -0.05) is 42.5 Å². The number of aromatic hydroxyl groups is 2. The van der Waals surface area contributed by atoms with E-state index < -0.39 is 5.97 Å². The molecule has 0 saturated heterocycles. The molecule has 7 heteroatoms. The zero-order valence-corrected chi connectivity index (χ0v) is 18.7. The third kappa shape index (κ3) is 4.58. The van der Waals surface area contributed by atoms with Crippen molar-refractivity contribution in [2.75, 3.05) is 21.2 Å². The van der Waals surface area contributed by atoms with Crippen molar-refractivity contribution in [3.63, 3.8) is 0 Å². The Bertz CT molecular complexity index is 1340. The van der Waals surface area contributed by atoms with Crippen molar-refractivity contribution in [2.45, 2.75) is 6.54 Å². The number of hydrogen-bond acceptors (Lipinski definition) is 6. The molecule has 0 amide bonds. The van der Waals surface area contributed by atoms with Crippen molar-refractivity contribution in [1.29, 1.82) is 0 Å². The summed E-state index contributed by atoms with van der Waals surface area (Å²) in [6.07, 6.45) is 0.